The summed E-state index contributed by atoms with van der Waals surface area (Å²) in [5.41, 5.74) is -0.861. The van der Waals surface area contributed by atoms with Gasteiger partial charge in [0, 0.05) is 13.1 Å². The molecule has 4 N–H and O–H groups in total. The molecule has 0 spiro atoms. The Balaban J connectivity index is 1.81. The molecule has 0 aromatic heterocycles. The van der Waals surface area contributed by atoms with Crippen LogP contribution in [0.5, 0.6) is 0 Å². The molecule has 2 saturated heterocycles. The normalized spacial score (nSPS) is 21.2. The van der Waals surface area contributed by atoms with Crippen LogP contribution >= 0.6 is 0 Å². The minimum absolute atomic E-state index is 0.0908. The van der Waals surface area contributed by atoms with Crippen molar-refractivity contribution in [2.75, 3.05) is 52.5 Å². The zero-order chi connectivity index (χ0) is 27.6. The minimum Gasteiger partial charge on any atom is -0.379 e. The van der Waals surface area contributed by atoms with Gasteiger partial charge in [0.2, 0.25) is 23.6 Å². The van der Waals surface area contributed by atoms with Gasteiger partial charge in [-0.25, -0.2) is 0 Å². The molecule has 12 nitrogen and oxygen atoms in total. The monoisotopic (exact) mass is 525 g/mol. The van der Waals surface area contributed by atoms with Crippen LogP contribution in [0.1, 0.15) is 47.5 Å². The summed E-state index contributed by atoms with van der Waals surface area (Å²) in [4.78, 5) is 64.5. The first kappa shape index (κ1) is 30.7. The summed E-state index contributed by atoms with van der Waals surface area (Å²) in [5, 5.41) is 10.5. The van der Waals surface area contributed by atoms with Crippen LogP contribution in [-0.2, 0) is 33.4 Å². The molecule has 12 heteroatoms. The van der Waals surface area contributed by atoms with Crippen LogP contribution in [0.2, 0.25) is 0 Å². The first-order chi connectivity index (χ1) is 17.4. The maximum atomic E-state index is 12.8. The number of Topliss-reactive ketones (excluding diaryl/α,β-unsaturated/α-hetero) is 1. The second-order valence-electron chi connectivity index (χ2n) is 10.8. The zero-order valence-electron chi connectivity index (χ0n) is 22.7. The van der Waals surface area contributed by atoms with Gasteiger partial charge in [-0.2, -0.15) is 0 Å². The van der Waals surface area contributed by atoms with E-state index in [1.165, 1.54) is 0 Å². The summed E-state index contributed by atoms with van der Waals surface area (Å²) in [6.07, 6.45) is 0.811. The van der Waals surface area contributed by atoms with Crippen LogP contribution in [0.15, 0.2) is 0 Å². The Hall–Kier alpha value is -2.57. The van der Waals surface area contributed by atoms with Crippen molar-refractivity contribution in [2.45, 2.75) is 65.1 Å². The number of morpholine rings is 1. The Morgan fingerprint density at radius 3 is 1.86 bits per heavy atom. The van der Waals surface area contributed by atoms with Crippen molar-refractivity contribution in [1.82, 2.24) is 26.2 Å². The van der Waals surface area contributed by atoms with Crippen LogP contribution in [0.25, 0.3) is 0 Å². The van der Waals surface area contributed by atoms with Crippen molar-refractivity contribution < 1.29 is 33.4 Å². The lowest BCUT2D eigenvalue weighted by Crippen LogP contribution is -2.53. The summed E-state index contributed by atoms with van der Waals surface area (Å²) < 4.78 is 10.5. The average molecular weight is 526 g/mol. The van der Waals surface area contributed by atoms with Crippen molar-refractivity contribution in [1.29, 1.82) is 0 Å². The van der Waals surface area contributed by atoms with E-state index in [0.29, 0.717) is 45.8 Å². The van der Waals surface area contributed by atoms with Gasteiger partial charge in [0.05, 0.1) is 45.5 Å². The summed E-state index contributed by atoms with van der Waals surface area (Å²) in [7, 11) is 0. The third-order valence-corrected chi connectivity index (χ3v) is 6.16. The molecule has 0 saturated carbocycles. The predicted molar refractivity (Wildman–Crippen MR) is 135 cm³/mol. The van der Waals surface area contributed by atoms with Crippen LogP contribution in [0, 0.1) is 11.8 Å². The maximum absolute atomic E-state index is 12.8. The fraction of sp³-hybridized carbons (Fsp3) is 0.800. The van der Waals surface area contributed by atoms with Crippen molar-refractivity contribution in [2.24, 2.45) is 11.8 Å². The number of nitrogens with one attached hydrogen (secondary N) is 4. The minimum atomic E-state index is -0.872. The number of carbonyl (C=O) groups excluding carboxylic acids is 5. The van der Waals surface area contributed by atoms with Crippen molar-refractivity contribution in [3.8, 4) is 0 Å². The van der Waals surface area contributed by atoms with E-state index in [1.807, 2.05) is 32.6 Å². The lowest BCUT2D eigenvalue weighted by molar-refractivity contribution is -0.132. The van der Waals surface area contributed by atoms with Gasteiger partial charge in [-0.3, -0.25) is 28.9 Å². The molecule has 4 amide bonds. The van der Waals surface area contributed by atoms with Gasteiger partial charge in [-0.15, -0.1) is 0 Å². The van der Waals surface area contributed by atoms with Gasteiger partial charge in [-0.05, 0) is 31.6 Å². The molecule has 2 heterocycles. The maximum Gasteiger partial charge on any atom is 0.243 e. The molecule has 2 fully saturated rings. The Labute approximate surface area is 218 Å². The van der Waals surface area contributed by atoms with E-state index in [9.17, 15) is 24.0 Å². The highest BCUT2D eigenvalue weighted by atomic mass is 16.6. The number of ketones is 1. The number of nitrogens with zero attached hydrogens (tertiary/aromatic N) is 1. The second-order valence-corrected chi connectivity index (χ2v) is 10.8. The first-order valence-corrected chi connectivity index (χ1v) is 13.0. The first-order valence-electron chi connectivity index (χ1n) is 13.0. The third kappa shape index (κ3) is 11.1. The van der Waals surface area contributed by atoms with E-state index in [4.69, 9.17) is 9.47 Å². The van der Waals surface area contributed by atoms with Crippen LogP contribution in [0.4, 0.5) is 0 Å². The fourth-order valence-corrected chi connectivity index (χ4v) is 4.00. The number of epoxide rings is 1. The highest BCUT2D eigenvalue weighted by molar-refractivity contribution is 5.97. The zero-order valence-corrected chi connectivity index (χ0v) is 22.7. The van der Waals surface area contributed by atoms with Crippen LogP contribution in [0.3, 0.4) is 0 Å². The topological polar surface area (TPSA) is 158 Å². The van der Waals surface area contributed by atoms with Crippen molar-refractivity contribution >= 4 is 29.4 Å². The van der Waals surface area contributed by atoms with Crippen LogP contribution in [-0.4, -0.2) is 105 Å². The number of hydrogen-bond donors (Lipinski definition) is 4. The molecule has 37 heavy (non-hydrogen) atoms. The van der Waals surface area contributed by atoms with E-state index >= 15 is 0 Å². The van der Waals surface area contributed by atoms with Crippen molar-refractivity contribution in [3.63, 3.8) is 0 Å². The third-order valence-electron chi connectivity index (χ3n) is 6.16. The molecule has 3 unspecified atom stereocenters. The van der Waals surface area contributed by atoms with E-state index < -0.39 is 35.4 Å². The molecule has 210 valence electrons. The molecule has 0 aromatic rings. The number of amides is 4. The van der Waals surface area contributed by atoms with Gasteiger partial charge in [0.1, 0.15) is 11.6 Å². The summed E-state index contributed by atoms with van der Waals surface area (Å²) >= 11 is 0. The molecule has 2 aliphatic heterocycles. The van der Waals surface area contributed by atoms with Gasteiger partial charge in [0.15, 0.2) is 5.78 Å². The number of hydrogen-bond acceptors (Lipinski definition) is 8. The SMILES string of the molecule is CC(C)CC(NC(=O)CNC(=O)CN1CCOCC1)C(=O)NCC(=O)NC(CC(C)C)C(=O)C1(C)CO1. The highest BCUT2D eigenvalue weighted by Crippen LogP contribution is 2.29. The standard InChI is InChI=1S/C25H43N5O7/c1-16(2)10-18(23(34)25(5)15-37-25)28-21(32)13-27-24(35)19(11-17(3)4)29-20(31)12-26-22(33)14-30-6-8-36-9-7-30/h16-19H,6-15H2,1-5H3,(H,26,33)(H,27,35)(H,28,32)(H,29,31). The summed E-state index contributed by atoms with van der Waals surface area (Å²) in [6.45, 7) is 11.8. The van der Waals surface area contributed by atoms with E-state index in [2.05, 4.69) is 21.3 Å². The van der Waals surface area contributed by atoms with Gasteiger partial charge >= 0.3 is 0 Å². The Bertz CT molecular complexity index is 822. The van der Waals surface area contributed by atoms with E-state index in [-0.39, 0.29) is 43.2 Å². The second kappa shape index (κ2) is 14.4. The highest BCUT2D eigenvalue weighted by Gasteiger charge is 2.50. The van der Waals surface area contributed by atoms with Gasteiger partial charge in [-0.1, -0.05) is 27.7 Å². The van der Waals surface area contributed by atoms with Crippen LogP contribution < -0.4 is 21.3 Å². The van der Waals surface area contributed by atoms with Gasteiger partial charge < -0.3 is 30.7 Å². The number of ether oxygens (including phenoxy) is 2. The van der Waals surface area contributed by atoms with Crippen molar-refractivity contribution in [3.05, 3.63) is 0 Å². The summed E-state index contributed by atoms with van der Waals surface area (Å²) in [5.74, 6) is -1.71. The predicted octanol–water partition coefficient (Wildman–Crippen LogP) is -1.03. The molecular formula is C25H43N5O7. The number of carbonyl (C=O) groups is 5. The average Bonchev–Trinajstić information content (AvgIpc) is 3.58. The Morgan fingerprint density at radius 1 is 0.811 bits per heavy atom. The molecule has 2 aliphatic rings. The molecule has 0 radical (unpaired) electrons. The lowest BCUT2D eigenvalue weighted by Gasteiger charge is -2.25. The molecule has 3 atom stereocenters. The lowest BCUT2D eigenvalue weighted by atomic mass is 9.93. The number of rotatable bonds is 15. The Kier molecular flexibility index (Phi) is 11.9. The fourth-order valence-electron chi connectivity index (χ4n) is 4.00. The molecule has 0 aliphatic carbocycles. The Morgan fingerprint density at radius 2 is 1.32 bits per heavy atom. The summed E-state index contributed by atoms with van der Waals surface area (Å²) in [6, 6.07) is -1.58. The van der Waals surface area contributed by atoms with E-state index in [1.54, 1.807) is 6.92 Å². The molecular weight excluding hydrogens is 482 g/mol. The quantitative estimate of drug-likeness (QED) is 0.198. The molecule has 2 rings (SSSR count). The smallest absolute Gasteiger partial charge is 0.243 e. The molecule has 0 bridgehead atoms. The van der Waals surface area contributed by atoms with Gasteiger partial charge in [0.25, 0.3) is 0 Å². The van der Waals surface area contributed by atoms with E-state index in [0.717, 1.165) is 0 Å². The molecule has 0 aromatic carbocycles. The largest absolute Gasteiger partial charge is 0.379 e.